The molecule has 0 aliphatic carbocycles. The first-order valence-electron chi connectivity index (χ1n) is 9.00. The predicted octanol–water partition coefficient (Wildman–Crippen LogP) is 3.75. The summed E-state index contributed by atoms with van der Waals surface area (Å²) in [5.74, 6) is -0.436. The van der Waals surface area contributed by atoms with E-state index in [-0.39, 0.29) is 22.3 Å². The van der Waals surface area contributed by atoms with Crippen molar-refractivity contribution in [2.75, 3.05) is 25.0 Å². The van der Waals surface area contributed by atoms with Crippen LogP contribution in [0.25, 0.3) is 0 Å². The molecule has 0 aliphatic rings. The molecule has 30 heavy (non-hydrogen) atoms. The number of methoxy groups -OCH3 is 1. The third kappa shape index (κ3) is 4.80. The highest BCUT2D eigenvalue weighted by Crippen LogP contribution is 2.33. The summed E-state index contributed by atoms with van der Waals surface area (Å²) in [6.45, 7) is -0.184. The minimum absolute atomic E-state index is 0.127. The van der Waals surface area contributed by atoms with Crippen LogP contribution >= 0.6 is 11.3 Å². The average molecular weight is 449 g/mol. The molecule has 1 amide bonds. The number of anilines is 1. The van der Waals surface area contributed by atoms with Gasteiger partial charge in [0.25, 0.3) is 10.0 Å². The van der Waals surface area contributed by atoms with Gasteiger partial charge in [0.1, 0.15) is 22.3 Å². The SMILES string of the molecule is COc1ccccc1N(CC(=O)N(C)Cc1ccc(F)cc1)S(=O)(=O)c1cccs1. The molecule has 0 saturated carbocycles. The van der Waals surface area contributed by atoms with E-state index >= 15 is 0 Å². The Morgan fingerprint density at radius 2 is 1.77 bits per heavy atom. The topological polar surface area (TPSA) is 66.9 Å². The second kappa shape index (κ2) is 9.27. The van der Waals surface area contributed by atoms with Gasteiger partial charge >= 0.3 is 0 Å². The molecule has 0 atom stereocenters. The first kappa shape index (κ1) is 21.8. The number of thiophene rings is 1. The van der Waals surface area contributed by atoms with Gasteiger partial charge in [0.05, 0.1) is 12.8 Å². The summed E-state index contributed by atoms with van der Waals surface area (Å²) >= 11 is 1.07. The Hall–Kier alpha value is -2.91. The first-order chi connectivity index (χ1) is 14.3. The number of para-hydroxylation sites is 2. The normalized spacial score (nSPS) is 11.2. The van der Waals surface area contributed by atoms with E-state index in [0.29, 0.717) is 5.75 Å². The predicted molar refractivity (Wildman–Crippen MR) is 115 cm³/mol. The van der Waals surface area contributed by atoms with Crippen molar-refractivity contribution in [2.24, 2.45) is 0 Å². The zero-order valence-corrected chi connectivity index (χ0v) is 18.1. The third-order valence-corrected chi connectivity index (χ3v) is 7.56. The number of rotatable bonds is 8. The fourth-order valence-electron chi connectivity index (χ4n) is 2.85. The van der Waals surface area contributed by atoms with Crippen LogP contribution in [0.4, 0.5) is 10.1 Å². The lowest BCUT2D eigenvalue weighted by Crippen LogP contribution is -2.41. The summed E-state index contributed by atoms with van der Waals surface area (Å²) in [6.07, 6.45) is 0. The van der Waals surface area contributed by atoms with Gasteiger partial charge in [-0.2, -0.15) is 0 Å². The summed E-state index contributed by atoms with van der Waals surface area (Å²) in [5, 5.41) is 1.66. The summed E-state index contributed by atoms with van der Waals surface area (Å²) < 4.78 is 46.2. The number of nitrogens with zero attached hydrogens (tertiary/aromatic N) is 2. The zero-order valence-electron chi connectivity index (χ0n) is 16.5. The Labute approximate surface area is 179 Å². The maximum Gasteiger partial charge on any atom is 0.274 e. The molecule has 1 heterocycles. The van der Waals surface area contributed by atoms with Crippen LogP contribution in [0.5, 0.6) is 5.75 Å². The average Bonchev–Trinajstić information content (AvgIpc) is 3.29. The number of hydrogen-bond acceptors (Lipinski definition) is 5. The van der Waals surface area contributed by atoms with Crippen molar-refractivity contribution in [3.63, 3.8) is 0 Å². The number of sulfonamides is 1. The maximum absolute atomic E-state index is 13.3. The number of carbonyl (C=O) groups excluding carboxylic acids is 1. The zero-order chi connectivity index (χ0) is 21.7. The molecule has 3 aromatic rings. The monoisotopic (exact) mass is 448 g/mol. The van der Waals surface area contributed by atoms with Crippen LogP contribution in [0.15, 0.2) is 70.3 Å². The van der Waals surface area contributed by atoms with E-state index in [1.807, 2.05) is 0 Å². The van der Waals surface area contributed by atoms with Gasteiger partial charge in [-0.3, -0.25) is 9.10 Å². The highest BCUT2D eigenvalue weighted by molar-refractivity contribution is 7.94. The molecule has 9 heteroatoms. The van der Waals surface area contributed by atoms with E-state index in [2.05, 4.69) is 0 Å². The molecule has 2 aromatic carbocycles. The second-order valence-electron chi connectivity index (χ2n) is 6.49. The lowest BCUT2D eigenvalue weighted by molar-refractivity contribution is -0.128. The van der Waals surface area contributed by atoms with Crippen LogP contribution in [0.1, 0.15) is 5.56 Å². The highest BCUT2D eigenvalue weighted by Gasteiger charge is 2.31. The number of amides is 1. The third-order valence-electron chi connectivity index (χ3n) is 4.43. The molecule has 0 fully saturated rings. The van der Waals surface area contributed by atoms with E-state index in [9.17, 15) is 17.6 Å². The number of benzene rings is 2. The highest BCUT2D eigenvalue weighted by atomic mass is 32.2. The number of halogens is 1. The van der Waals surface area contributed by atoms with Gasteiger partial charge in [-0.1, -0.05) is 30.3 Å². The largest absolute Gasteiger partial charge is 0.495 e. The van der Waals surface area contributed by atoms with Gasteiger partial charge in [-0.15, -0.1) is 11.3 Å². The molecule has 0 aliphatic heterocycles. The maximum atomic E-state index is 13.3. The molecule has 0 saturated heterocycles. The Kier molecular flexibility index (Phi) is 6.73. The minimum Gasteiger partial charge on any atom is -0.495 e. The molecule has 3 rings (SSSR count). The van der Waals surface area contributed by atoms with Gasteiger partial charge in [0.2, 0.25) is 5.91 Å². The number of hydrogen-bond donors (Lipinski definition) is 0. The van der Waals surface area contributed by atoms with Gasteiger partial charge < -0.3 is 9.64 Å². The van der Waals surface area contributed by atoms with Gasteiger partial charge in [0, 0.05) is 13.6 Å². The van der Waals surface area contributed by atoms with Gasteiger partial charge in [-0.25, -0.2) is 12.8 Å². The van der Waals surface area contributed by atoms with E-state index in [0.717, 1.165) is 21.2 Å². The first-order valence-corrected chi connectivity index (χ1v) is 11.3. The van der Waals surface area contributed by atoms with Crippen molar-refractivity contribution < 1.29 is 22.3 Å². The molecular formula is C21H21FN2O4S2. The van der Waals surface area contributed by atoms with Crippen molar-refractivity contribution >= 4 is 33.0 Å². The molecule has 0 unspecified atom stereocenters. The minimum atomic E-state index is -3.98. The molecule has 0 bridgehead atoms. The number of ether oxygens (including phenoxy) is 1. The van der Waals surface area contributed by atoms with Crippen molar-refractivity contribution in [1.29, 1.82) is 0 Å². The molecule has 1 aromatic heterocycles. The van der Waals surface area contributed by atoms with Crippen molar-refractivity contribution in [1.82, 2.24) is 4.90 Å². The van der Waals surface area contributed by atoms with E-state index in [1.54, 1.807) is 54.9 Å². The lowest BCUT2D eigenvalue weighted by Gasteiger charge is -2.27. The van der Waals surface area contributed by atoms with Crippen LogP contribution in [-0.2, 0) is 21.4 Å². The summed E-state index contributed by atoms with van der Waals surface area (Å²) in [4.78, 5) is 14.3. The fourth-order valence-corrected chi connectivity index (χ4v) is 5.38. The fraction of sp³-hybridized carbons (Fsp3) is 0.190. The van der Waals surface area contributed by atoms with E-state index in [4.69, 9.17) is 4.74 Å². The van der Waals surface area contributed by atoms with Crippen molar-refractivity contribution in [3.05, 3.63) is 77.4 Å². The molecule has 6 nitrogen and oxygen atoms in total. The van der Waals surface area contributed by atoms with Crippen molar-refractivity contribution in [3.8, 4) is 5.75 Å². The number of carbonyl (C=O) groups is 1. The second-order valence-corrected chi connectivity index (χ2v) is 9.53. The van der Waals surface area contributed by atoms with Crippen LogP contribution in [0, 0.1) is 5.82 Å². The molecule has 0 radical (unpaired) electrons. The molecule has 0 N–H and O–H groups in total. The van der Waals surface area contributed by atoms with Crippen LogP contribution < -0.4 is 9.04 Å². The summed E-state index contributed by atoms with van der Waals surface area (Å²) in [5.41, 5.74) is 1.01. The van der Waals surface area contributed by atoms with E-state index in [1.165, 1.54) is 30.2 Å². The van der Waals surface area contributed by atoms with Gasteiger partial charge in [0.15, 0.2) is 0 Å². The van der Waals surface area contributed by atoms with E-state index < -0.39 is 22.5 Å². The molecule has 158 valence electrons. The quantitative estimate of drug-likeness (QED) is 0.526. The number of likely N-dealkylation sites (N-methyl/N-ethyl adjacent to an activating group) is 1. The Morgan fingerprint density at radius 3 is 2.40 bits per heavy atom. The van der Waals surface area contributed by atoms with Crippen molar-refractivity contribution in [2.45, 2.75) is 10.8 Å². The van der Waals surface area contributed by atoms with Crippen LogP contribution in [0.3, 0.4) is 0 Å². The Balaban J connectivity index is 1.90. The Morgan fingerprint density at radius 1 is 1.07 bits per heavy atom. The van der Waals surface area contributed by atoms with Gasteiger partial charge in [-0.05, 0) is 41.3 Å². The lowest BCUT2D eigenvalue weighted by atomic mass is 10.2. The van der Waals surface area contributed by atoms with Crippen LogP contribution in [0.2, 0.25) is 0 Å². The Bertz CT molecular complexity index is 1100. The molecular weight excluding hydrogens is 427 g/mol. The smallest absolute Gasteiger partial charge is 0.274 e. The summed E-state index contributed by atoms with van der Waals surface area (Å²) in [6, 6.07) is 15.6. The van der Waals surface area contributed by atoms with Crippen LogP contribution in [-0.4, -0.2) is 39.9 Å². The summed E-state index contributed by atoms with van der Waals surface area (Å²) in [7, 11) is -0.961. The standard InChI is InChI=1S/C21H21FN2O4S2/c1-23(14-16-9-11-17(22)12-10-16)20(25)15-24(18-6-3-4-7-19(18)28-2)30(26,27)21-8-5-13-29-21/h3-13H,14-15H2,1-2H3. The molecule has 0 spiro atoms.